The summed E-state index contributed by atoms with van der Waals surface area (Å²) in [6.07, 6.45) is 3.32. The number of nitrogens with one attached hydrogen (secondary N) is 2. The largest absolute Gasteiger partial charge is 0.444 e. The molecule has 1 aromatic rings. The number of hydroxylamine groups is 1. The lowest BCUT2D eigenvalue weighted by molar-refractivity contribution is -0.124. The molecule has 1 atom stereocenters. The number of rotatable bonds is 4. The van der Waals surface area contributed by atoms with E-state index in [-0.39, 0.29) is 6.04 Å². The zero-order chi connectivity index (χ0) is 18.4. The maximum atomic E-state index is 11.9. The summed E-state index contributed by atoms with van der Waals surface area (Å²) in [5, 5.41) is 11.5. The van der Waals surface area contributed by atoms with E-state index in [1.807, 2.05) is 45.0 Å². The average molecular weight is 347 g/mol. The molecule has 1 fully saturated rings. The van der Waals surface area contributed by atoms with Crippen LogP contribution >= 0.6 is 0 Å². The Kier molecular flexibility index (Phi) is 6.03. The van der Waals surface area contributed by atoms with Gasteiger partial charge in [-0.05, 0) is 44.9 Å². The topological polar surface area (TPSA) is 90.9 Å². The molecule has 7 heteroatoms. The van der Waals surface area contributed by atoms with Crippen LogP contribution in [0.5, 0.6) is 0 Å². The van der Waals surface area contributed by atoms with E-state index in [1.165, 1.54) is 6.08 Å². The van der Waals surface area contributed by atoms with Crippen molar-refractivity contribution >= 4 is 23.8 Å². The number of hydrogen-bond acceptors (Lipinski definition) is 5. The van der Waals surface area contributed by atoms with Gasteiger partial charge in [-0.1, -0.05) is 18.2 Å². The molecule has 2 rings (SSSR count). The summed E-state index contributed by atoms with van der Waals surface area (Å²) >= 11 is 0. The van der Waals surface area contributed by atoms with Crippen molar-refractivity contribution in [2.75, 3.05) is 18.0 Å². The molecule has 1 saturated heterocycles. The number of carbonyl (C=O) groups excluding carboxylic acids is 2. The van der Waals surface area contributed by atoms with Crippen molar-refractivity contribution in [2.45, 2.75) is 38.8 Å². The molecule has 0 spiro atoms. The Hall–Kier alpha value is -2.54. The van der Waals surface area contributed by atoms with Crippen molar-refractivity contribution in [3.63, 3.8) is 0 Å². The molecule has 2 amide bonds. The highest BCUT2D eigenvalue weighted by Crippen LogP contribution is 2.25. The molecule has 25 heavy (non-hydrogen) atoms. The molecular formula is C18H25N3O4. The molecule has 1 unspecified atom stereocenters. The first-order valence-corrected chi connectivity index (χ1v) is 8.24. The number of anilines is 1. The highest BCUT2D eigenvalue weighted by molar-refractivity contribution is 5.91. The molecule has 136 valence electrons. The Morgan fingerprint density at radius 2 is 2.04 bits per heavy atom. The van der Waals surface area contributed by atoms with Gasteiger partial charge in [0.25, 0.3) is 5.91 Å². The molecule has 3 N–H and O–H groups in total. The van der Waals surface area contributed by atoms with Crippen molar-refractivity contribution in [2.24, 2.45) is 0 Å². The number of benzene rings is 1. The maximum absolute atomic E-state index is 11.9. The van der Waals surface area contributed by atoms with Crippen LogP contribution in [0.3, 0.4) is 0 Å². The minimum atomic E-state index is -0.583. The van der Waals surface area contributed by atoms with Crippen molar-refractivity contribution in [3.05, 3.63) is 35.9 Å². The smallest absolute Gasteiger partial charge is 0.407 e. The summed E-state index contributed by atoms with van der Waals surface area (Å²) in [7, 11) is 0. The average Bonchev–Trinajstić information content (AvgIpc) is 2.99. The lowest BCUT2D eigenvalue weighted by atomic mass is 10.1. The van der Waals surface area contributed by atoms with Crippen LogP contribution in [0, 0.1) is 0 Å². The zero-order valence-electron chi connectivity index (χ0n) is 14.8. The van der Waals surface area contributed by atoms with E-state index < -0.39 is 17.6 Å². The number of hydrogen-bond donors (Lipinski definition) is 3. The molecule has 1 aromatic carbocycles. The number of para-hydroxylation sites is 1. The van der Waals surface area contributed by atoms with Gasteiger partial charge in [-0.2, -0.15) is 0 Å². The van der Waals surface area contributed by atoms with E-state index in [1.54, 1.807) is 11.6 Å². The van der Waals surface area contributed by atoms with Gasteiger partial charge in [0.1, 0.15) is 5.60 Å². The Balaban J connectivity index is 2.01. The minimum Gasteiger partial charge on any atom is -0.444 e. The molecule has 1 heterocycles. The second kappa shape index (κ2) is 8.02. The lowest BCUT2D eigenvalue weighted by Crippen LogP contribution is -2.40. The molecule has 0 radical (unpaired) electrons. The first-order chi connectivity index (χ1) is 11.8. The molecule has 0 saturated carbocycles. The van der Waals surface area contributed by atoms with Gasteiger partial charge in [-0.15, -0.1) is 0 Å². The second-order valence-electron chi connectivity index (χ2n) is 6.95. The van der Waals surface area contributed by atoms with Crippen LogP contribution in [0.1, 0.15) is 32.8 Å². The summed E-state index contributed by atoms with van der Waals surface area (Å²) in [6, 6.07) is 7.67. The normalized spacial score (nSPS) is 17.6. The van der Waals surface area contributed by atoms with Gasteiger partial charge >= 0.3 is 6.09 Å². The van der Waals surface area contributed by atoms with Crippen molar-refractivity contribution in [1.29, 1.82) is 0 Å². The number of nitrogens with zero attached hydrogens (tertiary/aromatic N) is 1. The molecule has 1 aliphatic heterocycles. The summed E-state index contributed by atoms with van der Waals surface area (Å²) in [6.45, 7) is 6.95. The lowest BCUT2D eigenvalue weighted by Gasteiger charge is -2.23. The molecule has 1 aliphatic rings. The fourth-order valence-electron chi connectivity index (χ4n) is 2.69. The van der Waals surface area contributed by atoms with Gasteiger partial charge in [0.05, 0.1) is 6.04 Å². The number of carbonyl (C=O) groups is 2. The van der Waals surface area contributed by atoms with Crippen LogP contribution < -0.4 is 15.7 Å². The van der Waals surface area contributed by atoms with Gasteiger partial charge in [0, 0.05) is 24.9 Å². The van der Waals surface area contributed by atoms with E-state index in [0.717, 1.165) is 24.2 Å². The summed E-state index contributed by atoms with van der Waals surface area (Å²) in [5.74, 6) is -0.583. The molecule has 0 bridgehead atoms. The Bertz CT molecular complexity index is 652. The maximum Gasteiger partial charge on any atom is 0.407 e. The van der Waals surface area contributed by atoms with Crippen LogP contribution in [0.25, 0.3) is 6.08 Å². The Morgan fingerprint density at radius 1 is 1.32 bits per heavy atom. The van der Waals surface area contributed by atoms with Crippen LogP contribution in [0.4, 0.5) is 10.5 Å². The first-order valence-electron chi connectivity index (χ1n) is 8.24. The van der Waals surface area contributed by atoms with Crippen LogP contribution in [0.2, 0.25) is 0 Å². The SMILES string of the molecule is CC(C)(C)OC(=O)NC1CCN(c2ccccc2/C=C/C(=O)NO)C1. The number of amides is 2. The summed E-state index contributed by atoms with van der Waals surface area (Å²) in [4.78, 5) is 25.2. The van der Waals surface area contributed by atoms with E-state index in [0.29, 0.717) is 6.54 Å². The third-order valence-corrected chi connectivity index (χ3v) is 3.71. The van der Waals surface area contributed by atoms with E-state index in [9.17, 15) is 9.59 Å². The van der Waals surface area contributed by atoms with Gasteiger partial charge in [0.15, 0.2) is 0 Å². The van der Waals surface area contributed by atoms with Crippen molar-refractivity contribution in [3.8, 4) is 0 Å². The van der Waals surface area contributed by atoms with E-state index in [4.69, 9.17) is 9.94 Å². The quantitative estimate of drug-likeness (QED) is 0.442. The highest BCUT2D eigenvalue weighted by Gasteiger charge is 2.27. The van der Waals surface area contributed by atoms with Gasteiger partial charge < -0.3 is 15.0 Å². The molecule has 7 nitrogen and oxygen atoms in total. The zero-order valence-corrected chi connectivity index (χ0v) is 14.8. The van der Waals surface area contributed by atoms with Crippen molar-refractivity contribution in [1.82, 2.24) is 10.8 Å². The number of ether oxygens (including phenoxy) is 1. The predicted octanol–water partition coefficient (Wildman–Crippen LogP) is 2.31. The van der Waals surface area contributed by atoms with Gasteiger partial charge in [-0.3, -0.25) is 10.0 Å². The van der Waals surface area contributed by atoms with Gasteiger partial charge in [0.2, 0.25) is 0 Å². The standard InChI is InChI=1S/C18H25N3O4/c1-18(2,3)25-17(23)19-14-10-11-21(12-14)15-7-5-4-6-13(15)8-9-16(22)20-24/h4-9,14,24H,10-12H2,1-3H3,(H,19,23)(H,20,22)/b9-8+. The Morgan fingerprint density at radius 3 is 2.72 bits per heavy atom. The Labute approximate surface area is 147 Å². The van der Waals surface area contributed by atoms with E-state index in [2.05, 4.69) is 10.2 Å². The minimum absolute atomic E-state index is 0.00706. The highest BCUT2D eigenvalue weighted by atomic mass is 16.6. The fourth-order valence-corrected chi connectivity index (χ4v) is 2.69. The first kappa shape index (κ1) is 18.8. The third kappa shape index (κ3) is 5.79. The third-order valence-electron chi connectivity index (χ3n) is 3.71. The monoisotopic (exact) mass is 347 g/mol. The summed E-state index contributed by atoms with van der Waals surface area (Å²) in [5.41, 5.74) is 2.89. The molecule has 0 aliphatic carbocycles. The predicted molar refractivity (Wildman–Crippen MR) is 95.4 cm³/mol. The van der Waals surface area contributed by atoms with Crippen LogP contribution in [-0.4, -0.2) is 41.9 Å². The van der Waals surface area contributed by atoms with Gasteiger partial charge in [-0.25, -0.2) is 10.3 Å². The van der Waals surface area contributed by atoms with Crippen LogP contribution in [0.15, 0.2) is 30.3 Å². The molecular weight excluding hydrogens is 322 g/mol. The van der Waals surface area contributed by atoms with Crippen LogP contribution in [-0.2, 0) is 9.53 Å². The summed E-state index contributed by atoms with van der Waals surface area (Å²) < 4.78 is 5.29. The molecule has 0 aromatic heterocycles. The van der Waals surface area contributed by atoms with Crippen molar-refractivity contribution < 1.29 is 19.5 Å². The number of alkyl carbamates (subject to hydrolysis) is 1. The van der Waals surface area contributed by atoms with E-state index >= 15 is 0 Å². The second-order valence-corrected chi connectivity index (χ2v) is 6.95. The fraction of sp³-hybridized carbons (Fsp3) is 0.444.